The fourth-order valence-corrected chi connectivity index (χ4v) is 5.56. The second-order valence-corrected chi connectivity index (χ2v) is 10.5. The summed E-state index contributed by atoms with van der Waals surface area (Å²) < 4.78 is 28.1. The lowest BCUT2D eigenvalue weighted by molar-refractivity contribution is -0.133. The van der Waals surface area contributed by atoms with Crippen LogP contribution in [0.15, 0.2) is 53.4 Å². The molecule has 2 aromatic carbocycles. The highest BCUT2D eigenvalue weighted by Crippen LogP contribution is 2.31. The summed E-state index contributed by atoms with van der Waals surface area (Å²) in [5.74, 6) is -0.0367. The van der Waals surface area contributed by atoms with Gasteiger partial charge in [-0.2, -0.15) is 0 Å². The van der Waals surface area contributed by atoms with Gasteiger partial charge in [-0.25, -0.2) is 13.1 Å². The van der Waals surface area contributed by atoms with Crippen LogP contribution in [0.5, 0.6) is 0 Å². The Balaban J connectivity index is 1.36. The number of anilines is 1. The number of likely N-dealkylation sites (tertiary alicyclic amines) is 1. The lowest BCUT2D eigenvalue weighted by Crippen LogP contribution is -2.34. The van der Waals surface area contributed by atoms with Crippen molar-refractivity contribution in [3.05, 3.63) is 59.7 Å². The van der Waals surface area contributed by atoms with Crippen molar-refractivity contribution in [1.82, 2.24) is 9.62 Å². The largest absolute Gasteiger partial charge is 0.343 e. The van der Waals surface area contributed by atoms with Crippen LogP contribution in [0.25, 0.3) is 0 Å². The summed E-state index contributed by atoms with van der Waals surface area (Å²) in [6.45, 7) is 2.30. The van der Waals surface area contributed by atoms with Crippen LogP contribution in [-0.2, 0) is 32.6 Å². The summed E-state index contributed by atoms with van der Waals surface area (Å²) in [5.41, 5.74) is 2.46. The first-order chi connectivity index (χ1) is 15.9. The van der Waals surface area contributed by atoms with Gasteiger partial charge >= 0.3 is 0 Å². The van der Waals surface area contributed by atoms with Crippen molar-refractivity contribution in [2.24, 2.45) is 0 Å². The Kier molecular flexibility index (Phi) is 7.45. The van der Waals surface area contributed by atoms with Gasteiger partial charge in [0.15, 0.2) is 0 Å². The van der Waals surface area contributed by atoms with E-state index in [1.807, 2.05) is 35.2 Å². The maximum Gasteiger partial charge on any atom is 0.240 e. The molecule has 2 aromatic rings. The minimum absolute atomic E-state index is 0.0515. The molecule has 0 bridgehead atoms. The number of amides is 2. The fraction of sp³-hybridized carbons (Fsp3) is 0.440. The highest BCUT2D eigenvalue weighted by molar-refractivity contribution is 7.89. The molecule has 8 heteroatoms. The number of benzene rings is 2. The minimum Gasteiger partial charge on any atom is -0.343 e. The first kappa shape index (κ1) is 23.4. The third-order valence-corrected chi connectivity index (χ3v) is 7.78. The summed E-state index contributed by atoms with van der Waals surface area (Å²) >= 11 is 0. The Labute approximate surface area is 195 Å². The molecule has 4 rings (SSSR count). The van der Waals surface area contributed by atoms with Gasteiger partial charge in [0, 0.05) is 44.7 Å². The van der Waals surface area contributed by atoms with E-state index in [4.69, 9.17) is 0 Å². The molecule has 0 unspecified atom stereocenters. The standard InChI is InChI=1S/C25H31N3O4S/c29-24(27-15-6-1-2-7-16-27)12-13-25(30)28-17-14-21-18-22(10-11-23(21)28)33(31,32)26-19-20-8-4-3-5-9-20/h3-5,8-11,18,26H,1-2,6-7,12-17,19H2. The van der Waals surface area contributed by atoms with Crippen LogP contribution >= 0.6 is 0 Å². The molecule has 0 spiro atoms. The van der Waals surface area contributed by atoms with Gasteiger partial charge in [-0.05, 0) is 48.6 Å². The van der Waals surface area contributed by atoms with Crippen LogP contribution in [-0.4, -0.2) is 44.8 Å². The first-order valence-corrected chi connectivity index (χ1v) is 13.2. The van der Waals surface area contributed by atoms with Crippen LogP contribution in [0.2, 0.25) is 0 Å². The van der Waals surface area contributed by atoms with E-state index < -0.39 is 10.0 Å². The maximum atomic E-state index is 12.8. The molecule has 1 fully saturated rings. The number of nitrogens with one attached hydrogen (secondary N) is 1. The average Bonchev–Trinajstić information content (AvgIpc) is 3.06. The second kappa shape index (κ2) is 10.5. The molecule has 33 heavy (non-hydrogen) atoms. The van der Waals surface area contributed by atoms with Gasteiger partial charge < -0.3 is 9.80 Å². The molecule has 1 N–H and O–H groups in total. The summed E-state index contributed by atoms with van der Waals surface area (Å²) in [4.78, 5) is 29.1. The molecular formula is C25H31N3O4S. The van der Waals surface area contributed by atoms with Gasteiger partial charge in [-0.1, -0.05) is 43.2 Å². The van der Waals surface area contributed by atoms with Crippen LogP contribution in [0.4, 0.5) is 5.69 Å². The molecule has 2 aliphatic rings. The van der Waals surface area contributed by atoms with Crippen molar-refractivity contribution in [3.63, 3.8) is 0 Å². The molecule has 1 saturated heterocycles. The first-order valence-electron chi connectivity index (χ1n) is 11.7. The van der Waals surface area contributed by atoms with Gasteiger partial charge in [-0.3, -0.25) is 9.59 Å². The van der Waals surface area contributed by atoms with E-state index in [1.54, 1.807) is 23.1 Å². The van der Waals surface area contributed by atoms with E-state index in [-0.39, 0.29) is 36.1 Å². The minimum atomic E-state index is -3.66. The van der Waals surface area contributed by atoms with Crippen molar-refractivity contribution in [3.8, 4) is 0 Å². The van der Waals surface area contributed by atoms with Gasteiger partial charge in [0.2, 0.25) is 21.8 Å². The second-order valence-electron chi connectivity index (χ2n) is 8.69. The molecule has 0 atom stereocenters. The van der Waals surface area contributed by atoms with Crippen molar-refractivity contribution in [1.29, 1.82) is 0 Å². The smallest absolute Gasteiger partial charge is 0.240 e. The summed E-state index contributed by atoms with van der Waals surface area (Å²) in [7, 11) is -3.66. The number of fused-ring (bicyclic) bond motifs is 1. The highest BCUT2D eigenvalue weighted by atomic mass is 32.2. The van der Waals surface area contributed by atoms with Gasteiger partial charge in [0.1, 0.15) is 0 Å². The normalized spacial score (nSPS) is 16.4. The SMILES string of the molecule is O=C(CCC(=O)N1CCc2cc(S(=O)(=O)NCc3ccccc3)ccc21)N1CCCCCC1. The zero-order chi connectivity index (χ0) is 23.3. The quantitative estimate of drug-likeness (QED) is 0.675. The predicted octanol–water partition coefficient (Wildman–Crippen LogP) is 3.24. The number of hydrogen-bond acceptors (Lipinski definition) is 4. The number of hydrogen-bond donors (Lipinski definition) is 1. The predicted molar refractivity (Wildman–Crippen MR) is 127 cm³/mol. The summed E-state index contributed by atoms with van der Waals surface area (Å²) in [6.07, 6.45) is 5.38. The molecule has 2 heterocycles. The Hall–Kier alpha value is -2.71. The van der Waals surface area contributed by atoms with Crippen LogP contribution in [0.3, 0.4) is 0 Å². The van der Waals surface area contributed by atoms with Gasteiger partial charge in [0.25, 0.3) is 0 Å². The third kappa shape index (κ3) is 5.81. The molecule has 0 aliphatic carbocycles. The molecule has 0 aromatic heterocycles. The van der Waals surface area contributed by atoms with E-state index in [9.17, 15) is 18.0 Å². The molecule has 0 saturated carbocycles. The summed E-state index contributed by atoms with van der Waals surface area (Å²) in [5, 5.41) is 0. The third-order valence-electron chi connectivity index (χ3n) is 6.38. The molecule has 7 nitrogen and oxygen atoms in total. The highest BCUT2D eigenvalue weighted by Gasteiger charge is 2.27. The number of sulfonamides is 1. The summed E-state index contributed by atoms with van der Waals surface area (Å²) in [6, 6.07) is 14.2. The van der Waals surface area contributed by atoms with Crippen LogP contribution in [0, 0.1) is 0 Å². The fourth-order valence-electron chi connectivity index (χ4n) is 4.49. The molecule has 176 valence electrons. The van der Waals surface area contributed by atoms with Crippen molar-refractivity contribution >= 4 is 27.5 Å². The number of nitrogens with zero attached hydrogens (tertiary/aromatic N) is 2. The van der Waals surface area contributed by atoms with Crippen LogP contribution in [0.1, 0.15) is 49.7 Å². The topological polar surface area (TPSA) is 86.8 Å². The van der Waals surface area contributed by atoms with E-state index in [0.29, 0.717) is 13.0 Å². The lowest BCUT2D eigenvalue weighted by atomic mass is 10.2. The van der Waals surface area contributed by atoms with Crippen molar-refractivity contribution in [2.75, 3.05) is 24.5 Å². The molecule has 0 radical (unpaired) electrons. The molecule has 2 amide bonds. The van der Waals surface area contributed by atoms with E-state index in [2.05, 4.69) is 4.72 Å². The Bertz CT molecular complexity index is 1090. The zero-order valence-electron chi connectivity index (χ0n) is 18.8. The monoisotopic (exact) mass is 469 g/mol. The van der Waals surface area contributed by atoms with Gasteiger partial charge in [-0.15, -0.1) is 0 Å². The van der Waals surface area contributed by atoms with E-state index in [0.717, 1.165) is 55.6 Å². The Morgan fingerprint density at radius 1 is 0.848 bits per heavy atom. The van der Waals surface area contributed by atoms with Crippen molar-refractivity contribution in [2.45, 2.75) is 56.4 Å². The van der Waals surface area contributed by atoms with E-state index in [1.165, 1.54) is 0 Å². The zero-order valence-corrected chi connectivity index (χ0v) is 19.6. The average molecular weight is 470 g/mol. The molecular weight excluding hydrogens is 438 g/mol. The van der Waals surface area contributed by atoms with Crippen molar-refractivity contribution < 1.29 is 18.0 Å². The van der Waals surface area contributed by atoms with E-state index >= 15 is 0 Å². The Morgan fingerprint density at radius 3 is 2.27 bits per heavy atom. The Morgan fingerprint density at radius 2 is 1.55 bits per heavy atom. The van der Waals surface area contributed by atoms with Crippen LogP contribution < -0.4 is 9.62 Å². The van der Waals surface area contributed by atoms with Gasteiger partial charge in [0.05, 0.1) is 4.90 Å². The number of rotatable bonds is 7. The lowest BCUT2D eigenvalue weighted by Gasteiger charge is -2.21. The number of carbonyl (C=O) groups excluding carboxylic acids is 2. The maximum absolute atomic E-state index is 12.8. The molecule has 2 aliphatic heterocycles. The number of carbonyl (C=O) groups is 2.